The van der Waals surface area contributed by atoms with Crippen molar-refractivity contribution < 1.29 is 14.4 Å². The third kappa shape index (κ3) is 3.07. The van der Waals surface area contributed by atoms with Crippen LogP contribution in [0.3, 0.4) is 0 Å². The number of carbonyl (C=O) groups is 3. The molecule has 0 radical (unpaired) electrons. The van der Waals surface area contributed by atoms with Crippen LogP contribution in [0.1, 0.15) is 18.4 Å². The Morgan fingerprint density at radius 3 is 2.32 bits per heavy atom. The van der Waals surface area contributed by atoms with Gasteiger partial charge in [-0.1, -0.05) is 18.7 Å². The van der Waals surface area contributed by atoms with Gasteiger partial charge in [0.25, 0.3) is 0 Å². The number of amides is 3. The van der Waals surface area contributed by atoms with Crippen LogP contribution in [0, 0.1) is 0 Å². The molecule has 0 unspecified atom stereocenters. The SMILES string of the molecule is C=CC(=O)Nc1ccc(CN2C(=O)CCC2=O)cc1. The number of carbonyl (C=O) groups excluding carboxylic acids is 3. The normalized spacial score (nSPS) is 14.6. The number of rotatable bonds is 4. The zero-order valence-electron chi connectivity index (χ0n) is 10.4. The van der Waals surface area contributed by atoms with Crippen molar-refractivity contribution in [2.45, 2.75) is 19.4 Å². The monoisotopic (exact) mass is 258 g/mol. The molecule has 1 aliphatic heterocycles. The van der Waals surface area contributed by atoms with Crippen molar-refractivity contribution in [3.05, 3.63) is 42.5 Å². The highest BCUT2D eigenvalue weighted by Gasteiger charge is 2.28. The molecule has 1 N–H and O–H groups in total. The first-order valence-electron chi connectivity index (χ1n) is 5.95. The van der Waals surface area contributed by atoms with Crippen molar-refractivity contribution in [2.24, 2.45) is 0 Å². The quantitative estimate of drug-likeness (QED) is 0.656. The minimum Gasteiger partial charge on any atom is -0.323 e. The minimum atomic E-state index is -0.280. The largest absolute Gasteiger partial charge is 0.323 e. The summed E-state index contributed by atoms with van der Waals surface area (Å²) >= 11 is 0. The van der Waals surface area contributed by atoms with E-state index in [1.54, 1.807) is 24.3 Å². The molecule has 0 saturated carbocycles. The molecule has 2 rings (SSSR count). The van der Waals surface area contributed by atoms with Gasteiger partial charge in [-0.05, 0) is 23.8 Å². The summed E-state index contributed by atoms with van der Waals surface area (Å²) in [6.07, 6.45) is 1.79. The molecule has 0 aromatic heterocycles. The van der Waals surface area contributed by atoms with Crippen LogP contribution < -0.4 is 5.32 Å². The average Bonchev–Trinajstić information content (AvgIpc) is 2.72. The highest BCUT2D eigenvalue weighted by Crippen LogP contribution is 2.17. The molecule has 98 valence electrons. The molecule has 1 saturated heterocycles. The van der Waals surface area contributed by atoms with Gasteiger partial charge >= 0.3 is 0 Å². The maximum absolute atomic E-state index is 11.5. The van der Waals surface area contributed by atoms with Gasteiger partial charge in [0.1, 0.15) is 0 Å². The van der Waals surface area contributed by atoms with Gasteiger partial charge in [-0.25, -0.2) is 0 Å². The molecule has 1 fully saturated rings. The standard InChI is InChI=1S/C14H14N2O3/c1-2-12(17)15-11-5-3-10(4-6-11)9-16-13(18)7-8-14(16)19/h2-6H,1,7-9H2,(H,15,17). The Balaban J connectivity index is 2.02. The summed E-state index contributed by atoms with van der Waals surface area (Å²) in [6.45, 7) is 3.65. The maximum atomic E-state index is 11.5. The van der Waals surface area contributed by atoms with Crippen LogP contribution in [-0.4, -0.2) is 22.6 Å². The van der Waals surface area contributed by atoms with E-state index in [0.717, 1.165) is 5.56 Å². The molecule has 0 atom stereocenters. The molecule has 0 bridgehead atoms. The van der Waals surface area contributed by atoms with Crippen molar-refractivity contribution in [1.29, 1.82) is 0 Å². The van der Waals surface area contributed by atoms with Gasteiger partial charge in [-0.2, -0.15) is 0 Å². The number of hydrogen-bond acceptors (Lipinski definition) is 3. The van der Waals surface area contributed by atoms with Gasteiger partial charge < -0.3 is 5.32 Å². The molecule has 1 heterocycles. The Kier molecular flexibility index (Phi) is 3.75. The van der Waals surface area contributed by atoms with Gasteiger partial charge in [-0.3, -0.25) is 19.3 Å². The summed E-state index contributed by atoms with van der Waals surface area (Å²) in [6, 6.07) is 7.00. The minimum absolute atomic E-state index is 0.131. The van der Waals surface area contributed by atoms with Crippen molar-refractivity contribution in [1.82, 2.24) is 4.90 Å². The van der Waals surface area contributed by atoms with E-state index in [1.807, 2.05) is 0 Å². The highest BCUT2D eigenvalue weighted by molar-refractivity contribution is 6.02. The second-order valence-electron chi connectivity index (χ2n) is 4.26. The molecule has 0 spiro atoms. The lowest BCUT2D eigenvalue weighted by molar-refractivity contribution is -0.139. The maximum Gasteiger partial charge on any atom is 0.247 e. The van der Waals surface area contributed by atoms with Crippen LogP contribution in [0.15, 0.2) is 36.9 Å². The first-order chi connectivity index (χ1) is 9.10. The second-order valence-corrected chi connectivity index (χ2v) is 4.26. The summed E-state index contributed by atoms with van der Waals surface area (Å²) < 4.78 is 0. The summed E-state index contributed by atoms with van der Waals surface area (Å²) in [4.78, 5) is 35.3. The summed E-state index contributed by atoms with van der Waals surface area (Å²) in [5.74, 6) is -0.541. The van der Waals surface area contributed by atoms with Gasteiger partial charge in [0.15, 0.2) is 0 Å². The number of nitrogens with one attached hydrogen (secondary N) is 1. The van der Waals surface area contributed by atoms with Crippen molar-refractivity contribution in [3.8, 4) is 0 Å². The number of nitrogens with zero attached hydrogens (tertiary/aromatic N) is 1. The van der Waals surface area contributed by atoms with E-state index in [-0.39, 0.29) is 24.3 Å². The fourth-order valence-corrected chi connectivity index (χ4v) is 1.87. The van der Waals surface area contributed by atoms with E-state index < -0.39 is 0 Å². The Labute approximate surface area is 110 Å². The summed E-state index contributed by atoms with van der Waals surface area (Å²) in [5.41, 5.74) is 1.49. The fraction of sp³-hybridized carbons (Fsp3) is 0.214. The molecule has 3 amide bonds. The second kappa shape index (κ2) is 5.48. The number of likely N-dealkylation sites (tertiary alicyclic amines) is 1. The molecule has 1 aromatic carbocycles. The van der Waals surface area contributed by atoms with Crippen molar-refractivity contribution in [3.63, 3.8) is 0 Å². The van der Waals surface area contributed by atoms with Gasteiger partial charge in [0.2, 0.25) is 17.7 Å². The third-order valence-electron chi connectivity index (χ3n) is 2.90. The number of imide groups is 1. The van der Waals surface area contributed by atoms with Crippen molar-refractivity contribution in [2.75, 3.05) is 5.32 Å². The predicted octanol–water partition coefficient (Wildman–Crippen LogP) is 1.46. The molecule has 1 aliphatic rings. The lowest BCUT2D eigenvalue weighted by Gasteiger charge is -2.14. The Morgan fingerprint density at radius 1 is 1.21 bits per heavy atom. The Morgan fingerprint density at radius 2 is 1.79 bits per heavy atom. The van der Waals surface area contributed by atoms with Crippen LogP contribution in [0.5, 0.6) is 0 Å². The number of anilines is 1. The predicted molar refractivity (Wildman–Crippen MR) is 70.1 cm³/mol. The van der Waals surface area contributed by atoms with E-state index in [2.05, 4.69) is 11.9 Å². The first-order valence-corrected chi connectivity index (χ1v) is 5.95. The smallest absolute Gasteiger partial charge is 0.247 e. The van der Waals surface area contributed by atoms with E-state index in [9.17, 15) is 14.4 Å². The Hall–Kier alpha value is -2.43. The first kappa shape index (κ1) is 13.0. The van der Waals surface area contributed by atoms with Crippen LogP contribution >= 0.6 is 0 Å². The molecule has 19 heavy (non-hydrogen) atoms. The van der Waals surface area contributed by atoms with E-state index in [0.29, 0.717) is 18.5 Å². The van der Waals surface area contributed by atoms with Crippen LogP contribution in [-0.2, 0) is 20.9 Å². The average molecular weight is 258 g/mol. The van der Waals surface area contributed by atoms with Crippen molar-refractivity contribution >= 4 is 23.4 Å². The molecule has 5 heteroatoms. The summed E-state index contributed by atoms with van der Waals surface area (Å²) in [5, 5.41) is 2.63. The lowest BCUT2D eigenvalue weighted by Crippen LogP contribution is -2.28. The van der Waals surface area contributed by atoms with E-state index >= 15 is 0 Å². The van der Waals surface area contributed by atoms with Crippen LogP contribution in [0.4, 0.5) is 5.69 Å². The van der Waals surface area contributed by atoms with Crippen LogP contribution in [0.25, 0.3) is 0 Å². The van der Waals surface area contributed by atoms with Gasteiger partial charge in [0.05, 0.1) is 6.54 Å². The van der Waals surface area contributed by atoms with E-state index in [4.69, 9.17) is 0 Å². The van der Waals surface area contributed by atoms with Gasteiger partial charge in [-0.15, -0.1) is 0 Å². The molecular formula is C14H14N2O3. The number of hydrogen-bond donors (Lipinski definition) is 1. The number of benzene rings is 1. The fourth-order valence-electron chi connectivity index (χ4n) is 1.87. The highest BCUT2D eigenvalue weighted by atomic mass is 16.2. The van der Waals surface area contributed by atoms with Gasteiger partial charge in [0, 0.05) is 18.5 Å². The van der Waals surface area contributed by atoms with Crippen LogP contribution in [0.2, 0.25) is 0 Å². The third-order valence-corrected chi connectivity index (χ3v) is 2.90. The molecule has 0 aliphatic carbocycles. The summed E-state index contributed by atoms with van der Waals surface area (Å²) in [7, 11) is 0. The van der Waals surface area contributed by atoms with E-state index in [1.165, 1.54) is 11.0 Å². The topological polar surface area (TPSA) is 66.5 Å². The molecule has 1 aromatic rings. The Bertz CT molecular complexity index is 518. The zero-order chi connectivity index (χ0) is 13.8. The molecule has 5 nitrogen and oxygen atoms in total. The lowest BCUT2D eigenvalue weighted by atomic mass is 10.2. The molecular weight excluding hydrogens is 244 g/mol. The zero-order valence-corrected chi connectivity index (χ0v) is 10.4.